The number of amides is 1. The number of para-hydroxylation sites is 2. The van der Waals surface area contributed by atoms with Crippen LogP contribution in [0.25, 0.3) is 0 Å². The molecule has 0 aromatic heterocycles. The van der Waals surface area contributed by atoms with Gasteiger partial charge in [-0.25, -0.2) is 0 Å². The molecule has 0 radical (unpaired) electrons. The first-order valence-corrected chi connectivity index (χ1v) is 7.62. The third kappa shape index (κ3) is 7.01. The molecule has 1 atom stereocenters. The van der Waals surface area contributed by atoms with Crippen LogP contribution in [0.4, 0.5) is 11.4 Å². The van der Waals surface area contributed by atoms with Gasteiger partial charge in [0, 0.05) is 13.2 Å². The summed E-state index contributed by atoms with van der Waals surface area (Å²) in [5, 5.41) is 14.6. The van der Waals surface area contributed by atoms with Crippen molar-refractivity contribution in [3.63, 3.8) is 0 Å². The zero-order chi connectivity index (χ0) is 15.7. The summed E-state index contributed by atoms with van der Waals surface area (Å²) in [5.74, 6) is -1.13. The highest BCUT2D eigenvalue weighted by molar-refractivity contribution is 8.00. The zero-order valence-electron chi connectivity index (χ0n) is 12.1. The Morgan fingerprint density at radius 3 is 2.57 bits per heavy atom. The smallest absolute Gasteiger partial charge is 0.313 e. The third-order valence-electron chi connectivity index (χ3n) is 2.48. The number of hydrogen-bond donors (Lipinski definition) is 3. The quantitative estimate of drug-likeness (QED) is 0.645. The van der Waals surface area contributed by atoms with Crippen LogP contribution < -0.4 is 10.6 Å². The average Bonchev–Trinajstić information content (AvgIpc) is 2.41. The summed E-state index contributed by atoms with van der Waals surface area (Å²) >= 11 is 1.06. The summed E-state index contributed by atoms with van der Waals surface area (Å²) in [6.07, 6.45) is 0. The van der Waals surface area contributed by atoms with Crippen molar-refractivity contribution in [3.8, 4) is 0 Å². The summed E-state index contributed by atoms with van der Waals surface area (Å²) in [6, 6.07) is 7.46. The molecule has 21 heavy (non-hydrogen) atoms. The SMILES string of the molecule is COCC(C)Nc1ccccc1NC(=O)CSCC(=O)O. The van der Waals surface area contributed by atoms with E-state index in [1.165, 1.54) is 0 Å². The van der Waals surface area contributed by atoms with Crippen LogP contribution in [-0.2, 0) is 14.3 Å². The maximum Gasteiger partial charge on any atom is 0.313 e. The largest absolute Gasteiger partial charge is 0.481 e. The molecule has 1 rings (SSSR count). The predicted molar refractivity (Wildman–Crippen MR) is 85.0 cm³/mol. The van der Waals surface area contributed by atoms with Crippen LogP contribution in [0.1, 0.15) is 6.92 Å². The number of carboxylic acid groups (broad SMARTS) is 1. The van der Waals surface area contributed by atoms with Crippen molar-refractivity contribution in [2.24, 2.45) is 0 Å². The highest BCUT2D eigenvalue weighted by atomic mass is 32.2. The van der Waals surface area contributed by atoms with Crippen LogP contribution in [0, 0.1) is 0 Å². The number of hydrogen-bond acceptors (Lipinski definition) is 5. The Balaban J connectivity index is 2.57. The van der Waals surface area contributed by atoms with Gasteiger partial charge in [0.25, 0.3) is 0 Å². The van der Waals surface area contributed by atoms with Gasteiger partial charge in [0.1, 0.15) is 0 Å². The van der Waals surface area contributed by atoms with Gasteiger partial charge < -0.3 is 20.5 Å². The molecule has 0 saturated heterocycles. The number of rotatable bonds is 9. The second kappa shape index (κ2) is 9.25. The third-order valence-corrected chi connectivity index (χ3v) is 3.40. The summed E-state index contributed by atoms with van der Waals surface area (Å²) in [4.78, 5) is 22.2. The number of carboxylic acids is 1. The summed E-state index contributed by atoms with van der Waals surface area (Å²) in [7, 11) is 1.63. The number of benzene rings is 1. The van der Waals surface area contributed by atoms with Gasteiger partial charge >= 0.3 is 5.97 Å². The molecule has 0 aliphatic heterocycles. The number of nitrogens with one attached hydrogen (secondary N) is 2. The van der Waals surface area contributed by atoms with Gasteiger partial charge in [-0.1, -0.05) is 12.1 Å². The minimum atomic E-state index is -0.928. The molecule has 0 saturated carbocycles. The molecule has 0 spiro atoms. The van der Waals surface area contributed by atoms with Crippen LogP contribution in [0.2, 0.25) is 0 Å². The molecule has 6 nitrogen and oxygen atoms in total. The molecule has 0 aliphatic rings. The molecule has 0 aliphatic carbocycles. The standard InChI is InChI=1S/C14H20N2O4S/c1-10(7-20-2)15-11-5-3-4-6-12(11)16-13(17)8-21-9-14(18)19/h3-6,10,15H,7-9H2,1-2H3,(H,16,17)(H,18,19). The van der Waals surface area contributed by atoms with Gasteiger partial charge in [0.05, 0.1) is 29.5 Å². The topological polar surface area (TPSA) is 87.7 Å². The van der Waals surface area contributed by atoms with E-state index < -0.39 is 5.97 Å². The first-order valence-electron chi connectivity index (χ1n) is 6.46. The highest BCUT2D eigenvalue weighted by Crippen LogP contribution is 2.22. The van der Waals surface area contributed by atoms with Gasteiger partial charge in [0.15, 0.2) is 0 Å². The summed E-state index contributed by atoms with van der Waals surface area (Å²) in [5.41, 5.74) is 1.47. The first kappa shape index (κ1) is 17.3. The van der Waals surface area contributed by atoms with Gasteiger partial charge in [0.2, 0.25) is 5.91 Å². The monoisotopic (exact) mass is 312 g/mol. The van der Waals surface area contributed by atoms with E-state index in [0.717, 1.165) is 17.4 Å². The second-order valence-corrected chi connectivity index (χ2v) is 5.47. The van der Waals surface area contributed by atoms with E-state index in [4.69, 9.17) is 9.84 Å². The molecule has 3 N–H and O–H groups in total. The van der Waals surface area contributed by atoms with Crippen LogP contribution >= 0.6 is 11.8 Å². The Morgan fingerprint density at radius 1 is 1.29 bits per heavy atom. The van der Waals surface area contributed by atoms with Crippen molar-refractivity contribution in [1.29, 1.82) is 0 Å². The summed E-state index contributed by atoms with van der Waals surface area (Å²) < 4.78 is 5.06. The maximum atomic E-state index is 11.8. The maximum absolute atomic E-state index is 11.8. The fourth-order valence-corrected chi connectivity index (χ4v) is 2.23. The van der Waals surface area contributed by atoms with Gasteiger partial charge in [-0.3, -0.25) is 9.59 Å². The molecule has 1 aromatic rings. The van der Waals surface area contributed by atoms with E-state index in [-0.39, 0.29) is 23.5 Å². The fraction of sp³-hybridized carbons (Fsp3) is 0.429. The van der Waals surface area contributed by atoms with E-state index in [1.54, 1.807) is 13.2 Å². The minimum Gasteiger partial charge on any atom is -0.481 e. The van der Waals surface area contributed by atoms with Crippen LogP contribution in [0.5, 0.6) is 0 Å². The van der Waals surface area contributed by atoms with Gasteiger partial charge in [-0.15, -0.1) is 11.8 Å². The second-order valence-electron chi connectivity index (χ2n) is 4.48. The Kier molecular flexibility index (Phi) is 7.63. The number of carbonyl (C=O) groups is 2. The number of thioether (sulfide) groups is 1. The molecule has 0 heterocycles. The lowest BCUT2D eigenvalue weighted by Crippen LogP contribution is -2.22. The van der Waals surface area contributed by atoms with E-state index in [0.29, 0.717) is 12.3 Å². The van der Waals surface area contributed by atoms with Crippen LogP contribution in [0.3, 0.4) is 0 Å². The van der Waals surface area contributed by atoms with E-state index >= 15 is 0 Å². The van der Waals surface area contributed by atoms with Gasteiger partial charge in [-0.2, -0.15) is 0 Å². The zero-order valence-corrected chi connectivity index (χ0v) is 12.9. The lowest BCUT2D eigenvalue weighted by molar-refractivity contribution is -0.133. The Hall–Kier alpha value is -1.73. The molecule has 7 heteroatoms. The molecule has 116 valence electrons. The molecular weight excluding hydrogens is 292 g/mol. The normalized spacial score (nSPS) is 11.7. The van der Waals surface area contributed by atoms with Gasteiger partial charge in [-0.05, 0) is 19.1 Å². The molecular formula is C14H20N2O4S. The predicted octanol–water partition coefficient (Wildman–Crippen LogP) is 1.89. The van der Waals surface area contributed by atoms with Crippen molar-refractivity contribution in [2.75, 3.05) is 35.9 Å². The van der Waals surface area contributed by atoms with Crippen molar-refractivity contribution < 1.29 is 19.4 Å². The molecule has 0 fully saturated rings. The highest BCUT2D eigenvalue weighted by Gasteiger charge is 2.09. The number of aliphatic carboxylic acids is 1. The minimum absolute atomic E-state index is 0.0851. The number of anilines is 2. The van der Waals surface area contributed by atoms with E-state index in [1.807, 2.05) is 25.1 Å². The van der Waals surface area contributed by atoms with Crippen LogP contribution in [0.15, 0.2) is 24.3 Å². The average molecular weight is 312 g/mol. The lowest BCUT2D eigenvalue weighted by Gasteiger charge is -2.17. The van der Waals surface area contributed by atoms with Crippen molar-refractivity contribution in [3.05, 3.63) is 24.3 Å². The van der Waals surface area contributed by atoms with E-state index in [9.17, 15) is 9.59 Å². The Labute approximate surface area is 128 Å². The van der Waals surface area contributed by atoms with Crippen LogP contribution in [-0.4, -0.2) is 48.2 Å². The van der Waals surface area contributed by atoms with E-state index in [2.05, 4.69) is 10.6 Å². The summed E-state index contributed by atoms with van der Waals surface area (Å²) in [6.45, 7) is 2.53. The number of ether oxygens (including phenoxy) is 1. The van der Waals surface area contributed by atoms with Crippen molar-refractivity contribution in [1.82, 2.24) is 0 Å². The van der Waals surface area contributed by atoms with Crippen molar-refractivity contribution in [2.45, 2.75) is 13.0 Å². The molecule has 1 aromatic carbocycles. The number of methoxy groups -OCH3 is 1. The first-order chi connectivity index (χ1) is 10.0. The molecule has 0 bridgehead atoms. The Bertz CT molecular complexity index is 482. The molecule has 1 unspecified atom stereocenters. The Morgan fingerprint density at radius 2 is 1.95 bits per heavy atom. The van der Waals surface area contributed by atoms with Crippen molar-refractivity contribution >= 4 is 35.0 Å². The lowest BCUT2D eigenvalue weighted by atomic mass is 10.2. The number of carbonyl (C=O) groups excluding carboxylic acids is 1. The molecule has 1 amide bonds. The fourth-order valence-electron chi connectivity index (χ4n) is 1.69.